The van der Waals surface area contributed by atoms with Gasteiger partial charge in [0.05, 0.1) is 6.42 Å². The van der Waals surface area contributed by atoms with Crippen molar-refractivity contribution in [3.63, 3.8) is 0 Å². The van der Waals surface area contributed by atoms with Gasteiger partial charge in [-0.05, 0) is 103 Å². The smallest absolute Gasteiger partial charge is 0.310 e. The fraction of sp³-hybridized carbons (Fsp3) is 0.603. The van der Waals surface area contributed by atoms with Gasteiger partial charge >= 0.3 is 17.9 Å². The van der Waals surface area contributed by atoms with E-state index < -0.39 is 12.1 Å². The molecule has 0 aliphatic carbocycles. The van der Waals surface area contributed by atoms with Crippen LogP contribution in [-0.2, 0) is 28.6 Å². The van der Waals surface area contributed by atoms with Crippen LogP contribution in [0.2, 0.25) is 0 Å². The molecule has 0 bridgehead atoms. The zero-order valence-electron chi connectivity index (χ0n) is 44.3. The third-order valence-corrected chi connectivity index (χ3v) is 11.2. The summed E-state index contributed by atoms with van der Waals surface area (Å²) < 4.78 is 16.6. The number of allylic oxidation sites excluding steroid dienone is 21. The highest BCUT2D eigenvalue weighted by molar-refractivity contribution is 5.72. The normalized spacial score (nSPS) is 13.1. The van der Waals surface area contributed by atoms with Crippen molar-refractivity contribution in [1.29, 1.82) is 0 Å². The van der Waals surface area contributed by atoms with Crippen molar-refractivity contribution in [1.82, 2.24) is 0 Å². The molecule has 0 N–H and O–H groups in total. The summed E-state index contributed by atoms with van der Waals surface area (Å²) in [6.07, 6.45) is 79.2. The zero-order chi connectivity index (χ0) is 50.0. The number of hydrogen-bond donors (Lipinski definition) is 0. The van der Waals surface area contributed by atoms with E-state index in [9.17, 15) is 14.4 Å². The second-order valence-electron chi connectivity index (χ2n) is 17.7. The lowest BCUT2D eigenvalue weighted by Crippen LogP contribution is -2.30. The molecule has 0 amide bonds. The highest BCUT2D eigenvalue weighted by Gasteiger charge is 2.19. The standard InChI is InChI=1S/C63H100O6/c1-4-7-10-13-16-19-22-25-27-28-29-30-31-32-33-34-36-38-41-44-47-50-53-56-62(65)68-59-60(58-67-61(64)55-52-49-46-43-40-37-24-21-18-15-12-9-6-3)69-63(66)57-54-51-48-45-42-39-35-26-23-20-17-14-11-8-5-2/h8-9,11-12,17-18,20-22,25-26,28-29,35,37,40,42,45-46,49,51,54,60H,4-7,10,13-16,19,23-24,27,30-34,36,38-39,41,43-44,47-48,50,52-53,55-59H2,1-3H3/b11-8-,12-9-,20-17-,21-18-,25-22-,29-28-,35-26-,40-37-,45-42-,49-46-,54-51-. The molecule has 0 radical (unpaired) electrons. The van der Waals surface area contributed by atoms with Crippen LogP contribution < -0.4 is 0 Å². The second kappa shape index (κ2) is 56.1. The summed E-state index contributed by atoms with van der Waals surface area (Å²) >= 11 is 0. The second-order valence-corrected chi connectivity index (χ2v) is 17.7. The molecule has 0 spiro atoms. The average Bonchev–Trinajstić information content (AvgIpc) is 3.35. The molecule has 0 heterocycles. The van der Waals surface area contributed by atoms with E-state index in [4.69, 9.17) is 14.2 Å². The lowest BCUT2D eigenvalue weighted by Gasteiger charge is -2.18. The van der Waals surface area contributed by atoms with Gasteiger partial charge in [0.25, 0.3) is 0 Å². The number of ether oxygens (including phenoxy) is 3. The Kier molecular flexibility index (Phi) is 52.5. The van der Waals surface area contributed by atoms with Crippen molar-refractivity contribution >= 4 is 17.9 Å². The SMILES string of the molecule is CC/C=C\C/C=C\C/C=C\C/C=C\C/C=C\CC(=O)OC(COC(=O)CC/C=C\C/C=C\C/C=C\C/C=C\CC)COC(=O)CCCCCCCCCCCCC/C=C\C/C=C\CCCCCCC. The number of rotatable bonds is 48. The van der Waals surface area contributed by atoms with Crippen molar-refractivity contribution in [3.05, 3.63) is 134 Å². The minimum Gasteiger partial charge on any atom is -0.462 e. The van der Waals surface area contributed by atoms with Crippen molar-refractivity contribution < 1.29 is 28.6 Å². The molecule has 1 atom stereocenters. The number of hydrogen-bond acceptors (Lipinski definition) is 6. The van der Waals surface area contributed by atoms with E-state index in [2.05, 4.69) is 130 Å². The highest BCUT2D eigenvalue weighted by Crippen LogP contribution is 2.14. The predicted molar refractivity (Wildman–Crippen MR) is 297 cm³/mol. The van der Waals surface area contributed by atoms with Crippen LogP contribution >= 0.6 is 0 Å². The number of esters is 3. The Balaban J connectivity index is 4.48. The van der Waals surface area contributed by atoms with Crippen LogP contribution in [0.1, 0.15) is 226 Å². The number of carbonyl (C=O) groups excluding carboxylic acids is 3. The Hall–Kier alpha value is -4.45. The van der Waals surface area contributed by atoms with Gasteiger partial charge in [0, 0.05) is 12.8 Å². The van der Waals surface area contributed by atoms with E-state index in [-0.39, 0.29) is 38.0 Å². The van der Waals surface area contributed by atoms with Crippen LogP contribution in [0.3, 0.4) is 0 Å². The van der Waals surface area contributed by atoms with E-state index >= 15 is 0 Å². The average molecular weight is 953 g/mol. The molecule has 6 heteroatoms. The Morgan fingerprint density at radius 1 is 0.319 bits per heavy atom. The van der Waals surface area contributed by atoms with Gasteiger partial charge in [-0.2, -0.15) is 0 Å². The van der Waals surface area contributed by atoms with E-state index in [1.807, 2.05) is 18.2 Å². The summed E-state index contributed by atoms with van der Waals surface area (Å²) in [5.74, 6) is -1.17. The van der Waals surface area contributed by atoms with Crippen molar-refractivity contribution in [2.24, 2.45) is 0 Å². The summed E-state index contributed by atoms with van der Waals surface area (Å²) in [7, 11) is 0. The summed E-state index contributed by atoms with van der Waals surface area (Å²) in [6.45, 7) is 6.23. The van der Waals surface area contributed by atoms with Crippen molar-refractivity contribution in [3.8, 4) is 0 Å². The van der Waals surface area contributed by atoms with Crippen LogP contribution in [0.15, 0.2) is 134 Å². The third kappa shape index (κ3) is 54.4. The van der Waals surface area contributed by atoms with Gasteiger partial charge in [-0.15, -0.1) is 0 Å². The third-order valence-electron chi connectivity index (χ3n) is 11.2. The van der Waals surface area contributed by atoms with E-state index in [0.29, 0.717) is 19.3 Å². The van der Waals surface area contributed by atoms with Gasteiger partial charge in [0.1, 0.15) is 13.2 Å². The van der Waals surface area contributed by atoms with Crippen molar-refractivity contribution in [2.45, 2.75) is 232 Å². The minimum absolute atomic E-state index is 0.0768. The molecule has 0 aliphatic rings. The first-order chi connectivity index (χ1) is 34.0. The van der Waals surface area contributed by atoms with E-state index in [0.717, 1.165) is 77.0 Å². The van der Waals surface area contributed by atoms with Gasteiger partial charge in [0.15, 0.2) is 6.10 Å². The lowest BCUT2D eigenvalue weighted by molar-refractivity contribution is -0.166. The molecule has 0 aromatic heterocycles. The summed E-state index contributed by atoms with van der Waals surface area (Å²) in [4.78, 5) is 38.0. The van der Waals surface area contributed by atoms with Gasteiger partial charge in [0.2, 0.25) is 0 Å². The maximum atomic E-state index is 12.8. The Bertz CT molecular complexity index is 1510. The molecule has 69 heavy (non-hydrogen) atoms. The summed E-state index contributed by atoms with van der Waals surface area (Å²) in [5, 5.41) is 0. The van der Waals surface area contributed by atoms with Crippen LogP contribution in [-0.4, -0.2) is 37.2 Å². The molecule has 6 nitrogen and oxygen atoms in total. The Morgan fingerprint density at radius 3 is 1.04 bits per heavy atom. The quantitative estimate of drug-likeness (QED) is 0.0262. The first kappa shape index (κ1) is 64.5. The van der Waals surface area contributed by atoms with Gasteiger partial charge in [-0.3, -0.25) is 14.4 Å². The molecule has 0 aromatic rings. The van der Waals surface area contributed by atoms with E-state index in [1.165, 1.54) is 96.3 Å². The molecular formula is C63H100O6. The largest absolute Gasteiger partial charge is 0.462 e. The molecule has 0 aliphatic heterocycles. The summed E-state index contributed by atoms with van der Waals surface area (Å²) in [5.41, 5.74) is 0. The van der Waals surface area contributed by atoms with Gasteiger partial charge in [-0.1, -0.05) is 238 Å². The lowest BCUT2D eigenvalue weighted by atomic mass is 10.0. The number of unbranched alkanes of at least 4 members (excludes halogenated alkanes) is 16. The topological polar surface area (TPSA) is 78.9 Å². The monoisotopic (exact) mass is 953 g/mol. The first-order valence-corrected chi connectivity index (χ1v) is 27.7. The maximum Gasteiger partial charge on any atom is 0.310 e. The minimum atomic E-state index is -0.866. The molecule has 0 aromatic carbocycles. The summed E-state index contributed by atoms with van der Waals surface area (Å²) in [6, 6.07) is 0. The molecule has 0 saturated heterocycles. The molecule has 1 unspecified atom stereocenters. The van der Waals surface area contributed by atoms with Crippen LogP contribution in [0.5, 0.6) is 0 Å². The zero-order valence-corrected chi connectivity index (χ0v) is 44.3. The first-order valence-electron chi connectivity index (χ1n) is 27.7. The van der Waals surface area contributed by atoms with Gasteiger partial charge in [-0.25, -0.2) is 0 Å². The molecule has 0 fully saturated rings. The molecule has 0 saturated carbocycles. The fourth-order valence-corrected chi connectivity index (χ4v) is 7.09. The van der Waals surface area contributed by atoms with Crippen molar-refractivity contribution in [2.75, 3.05) is 13.2 Å². The molecule has 0 rings (SSSR count). The Morgan fingerprint density at radius 2 is 0.638 bits per heavy atom. The molecule has 388 valence electrons. The van der Waals surface area contributed by atoms with E-state index in [1.54, 1.807) is 6.08 Å². The van der Waals surface area contributed by atoms with Crippen LogP contribution in [0.4, 0.5) is 0 Å². The fourth-order valence-electron chi connectivity index (χ4n) is 7.09. The molecular weight excluding hydrogens is 853 g/mol. The maximum absolute atomic E-state index is 12.8. The highest BCUT2D eigenvalue weighted by atomic mass is 16.6. The Labute approximate surface area is 424 Å². The number of carbonyl (C=O) groups is 3. The van der Waals surface area contributed by atoms with Crippen LogP contribution in [0.25, 0.3) is 0 Å². The van der Waals surface area contributed by atoms with Gasteiger partial charge < -0.3 is 14.2 Å². The predicted octanol–water partition coefficient (Wildman–Crippen LogP) is 18.6. The van der Waals surface area contributed by atoms with Crippen LogP contribution in [0, 0.1) is 0 Å².